The first-order valence-electron chi connectivity index (χ1n) is 7.56. The van der Waals surface area contributed by atoms with Crippen molar-refractivity contribution in [2.24, 2.45) is 0 Å². The molecule has 0 saturated carbocycles. The van der Waals surface area contributed by atoms with Gasteiger partial charge in [-0.1, -0.05) is 0 Å². The zero-order valence-electron chi connectivity index (χ0n) is 13.6. The van der Waals surface area contributed by atoms with Crippen molar-refractivity contribution in [1.29, 1.82) is 0 Å². The molecule has 2 heterocycles. The van der Waals surface area contributed by atoms with Crippen LogP contribution in [0.15, 0.2) is 21.7 Å². The number of benzene rings is 1. The molecule has 0 bridgehead atoms. The zero-order valence-corrected chi connectivity index (χ0v) is 13.6. The summed E-state index contributed by atoms with van der Waals surface area (Å²) in [5, 5.41) is 19.7. The topological polar surface area (TPSA) is 121 Å². The minimum Gasteiger partial charge on any atom is -0.391 e. The Morgan fingerprint density at radius 2 is 1.83 bits per heavy atom. The van der Waals surface area contributed by atoms with Crippen molar-refractivity contribution in [1.82, 2.24) is 19.5 Å². The highest BCUT2D eigenvalue weighted by Gasteiger charge is 2.22. The summed E-state index contributed by atoms with van der Waals surface area (Å²) in [5.41, 5.74) is 1.78. The molecule has 0 amide bonds. The molecule has 0 fully saturated rings. The van der Waals surface area contributed by atoms with Crippen molar-refractivity contribution < 1.29 is 10.2 Å². The number of hydrogen-bond acceptors (Lipinski definition) is 6. The molecule has 126 valence electrons. The lowest BCUT2D eigenvalue weighted by molar-refractivity contribution is 0.0215. The second kappa shape index (κ2) is 5.81. The van der Waals surface area contributed by atoms with Crippen LogP contribution in [0.3, 0.4) is 0 Å². The van der Waals surface area contributed by atoms with E-state index in [1.807, 2.05) is 26.0 Å². The molecule has 1 aromatic rings. The van der Waals surface area contributed by atoms with Gasteiger partial charge in [0, 0.05) is 0 Å². The summed E-state index contributed by atoms with van der Waals surface area (Å²) in [4.78, 5) is 34.0. The van der Waals surface area contributed by atoms with E-state index in [2.05, 4.69) is 15.0 Å². The highest BCUT2D eigenvalue weighted by molar-refractivity contribution is 5.81. The Bertz CT molecular complexity index is 1010. The van der Waals surface area contributed by atoms with Crippen LogP contribution in [0, 0.1) is 13.8 Å². The lowest BCUT2D eigenvalue weighted by atomic mass is 10.1. The van der Waals surface area contributed by atoms with Crippen LogP contribution in [0.25, 0.3) is 22.6 Å². The Hall–Kier alpha value is -2.58. The predicted molar refractivity (Wildman–Crippen MR) is 88.2 cm³/mol. The SMILES string of the molecule is Cc1cc2nc3c(=O)[nH]c(=O)nc-3n(CC(O)C(C)O)c2cc1C. The lowest BCUT2D eigenvalue weighted by Crippen LogP contribution is -2.33. The van der Waals surface area contributed by atoms with Gasteiger partial charge in [0.05, 0.1) is 29.8 Å². The Morgan fingerprint density at radius 1 is 1.17 bits per heavy atom. The summed E-state index contributed by atoms with van der Waals surface area (Å²) >= 11 is 0. The van der Waals surface area contributed by atoms with E-state index in [1.165, 1.54) is 6.92 Å². The van der Waals surface area contributed by atoms with E-state index < -0.39 is 23.5 Å². The molecule has 0 aromatic heterocycles. The molecule has 3 rings (SSSR count). The quantitative estimate of drug-likeness (QED) is 0.579. The fourth-order valence-electron chi connectivity index (χ4n) is 2.57. The van der Waals surface area contributed by atoms with Gasteiger partial charge < -0.3 is 14.8 Å². The summed E-state index contributed by atoms with van der Waals surface area (Å²) in [6.45, 7) is 5.30. The number of rotatable bonds is 3. The van der Waals surface area contributed by atoms with Gasteiger partial charge in [0.15, 0.2) is 11.5 Å². The largest absolute Gasteiger partial charge is 0.391 e. The van der Waals surface area contributed by atoms with Crippen LogP contribution in [-0.2, 0) is 6.54 Å². The molecule has 2 atom stereocenters. The smallest absolute Gasteiger partial charge is 0.349 e. The van der Waals surface area contributed by atoms with Crippen LogP contribution in [0.1, 0.15) is 18.1 Å². The normalized spacial score (nSPS) is 14.2. The van der Waals surface area contributed by atoms with Crippen LogP contribution < -0.4 is 11.2 Å². The van der Waals surface area contributed by atoms with E-state index in [-0.39, 0.29) is 18.1 Å². The molecule has 2 unspecified atom stereocenters. The first-order chi connectivity index (χ1) is 11.3. The Morgan fingerprint density at radius 3 is 2.50 bits per heavy atom. The van der Waals surface area contributed by atoms with E-state index in [4.69, 9.17) is 0 Å². The van der Waals surface area contributed by atoms with Crippen LogP contribution in [0.4, 0.5) is 0 Å². The van der Waals surface area contributed by atoms with Crippen LogP contribution >= 0.6 is 0 Å². The van der Waals surface area contributed by atoms with Gasteiger partial charge in [-0.25, -0.2) is 9.78 Å². The fourth-order valence-corrected chi connectivity index (χ4v) is 2.57. The number of aliphatic hydroxyl groups excluding tert-OH is 2. The average molecular weight is 330 g/mol. The van der Waals surface area contributed by atoms with Gasteiger partial charge in [-0.2, -0.15) is 4.98 Å². The predicted octanol–water partition coefficient (Wildman–Crippen LogP) is -0.0569. The van der Waals surface area contributed by atoms with E-state index in [0.717, 1.165) is 11.1 Å². The lowest BCUT2D eigenvalue weighted by Gasteiger charge is -2.21. The maximum Gasteiger partial charge on any atom is 0.349 e. The number of nitrogens with zero attached hydrogens (tertiary/aromatic N) is 3. The van der Waals surface area contributed by atoms with Crippen LogP contribution in [0.5, 0.6) is 0 Å². The van der Waals surface area contributed by atoms with Gasteiger partial charge in [0.1, 0.15) is 0 Å². The van der Waals surface area contributed by atoms with E-state index in [0.29, 0.717) is 11.0 Å². The molecule has 0 spiro atoms. The molecule has 0 radical (unpaired) electrons. The van der Waals surface area contributed by atoms with Crippen molar-refractivity contribution in [3.8, 4) is 11.5 Å². The summed E-state index contributed by atoms with van der Waals surface area (Å²) < 4.78 is 1.55. The standard InChI is InChI=1S/C16H18N4O4/c1-7-4-10-11(5-8(7)2)20(6-12(22)9(3)21)14-13(17-10)15(23)19-16(24)18-14/h4-5,9,12,21-22H,6H2,1-3H3,(H,19,23,24). The second-order valence-electron chi connectivity index (χ2n) is 6.00. The minimum atomic E-state index is -1.08. The number of aliphatic hydroxyl groups is 2. The number of H-pyrrole nitrogens is 1. The van der Waals surface area contributed by atoms with Crippen LogP contribution in [0.2, 0.25) is 0 Å². The van der Waals surface area contributed by atoms with Crippen molar-refractivity contribution in [3.63, 3.8) is 0 Å². The first-order valence-corrected chi connectivity index (χ1v) is 7.56. The van der Waals surface area contributed by atoms with Gasteiger partial charge in [-0.3, -0.25) is 9.78 Å². The number of nitrogens with one attached hydrogen (secondary N) is 1. The summed E-state index contributed by atoms with van der Waals surface area (Å²) in [6.07, 6.45) is -2.06. The third-order valence-electron chi connectivity index (χ3n) is 4.15. The highest BCUT2D eigenvalue weighted by atomic mass is 16.3. The fraction of sp³-hybridized carbons (Fsp3) is 0.375. The van der Waals surface area contributed by atoms with Gasteiger partial charge >= 0.3 is 5.69 Å². The molecule has 2 aliphatic heterocycles. The Kier molecular flexibility index (Phi) is 3.94. The first kappa shape index (κ1) is 16.3. The van der Waals surface area contributed by atoms with Gasteiger partial charge in [-0.15, -0.1) is 0 Å². The van der Waals surface area contributed by atoms with Gasteiger partial charge in [0.2, 0.25) is 0 Å². The van der Waals surface area contributed by atoms with Gasteiger partial charge in [0.25, 0.3) is 5.56 Å². The second-order valence-corrected chi connectivity index (χ2v) is 6.00. The van der Waals surface area contributed by atoms with Crippen molar-refractivity contribution >= 4 is 11.0 Å². The summed E-state index contributed by atoms with van der Waals surface area (Å²) in [6, 6.07) is 3.69. The molecule has 0 aliphatic carbocycles. The van der Waals surface area contributed by atoms with E-state index in [9.17, 15) is 19.8 Å². The van der Waals surface area contributed by atoms with Gasteiger partial charge in [-0.05, 0) is 44.0 Å². The maximum atomic E-state index is 12.1. The number of fused-ring (bicyclic) bond motifs is 2. The minimum absolute atomic E-state index is 0.0168. The average Bonchev–Trinajstić information content (AvgIpc) is 2.49. The molecule has 8 heteroatoms. The molecule has 0 saturated heterocycles. The third kappa shape index (κ3) is 2.70. The number of hydrogen-bond donors (Lipinski definition) is 3. The molecule has 8 nitrogen and oxygen atoms in total. The molecule has 3 N–H and O–H groups in total. The molecule has 24 heavy (non-hydrogen) atoms. The van der Waals surface area contributed by atoms with Crippen molar-refractivity contribution in [3.05, 3.63) is 44.1 Å². The molecule has 1 aromatic carbocycles. The van der Waals surface area contributed by atoms with Crippen LogP contribution in [-0.4, -0.2) is 41.9 Å². The Balaban J connectivity index is 2.43. The number of aryl methyl sites for hydroxylation is 2. The van der Waals surface area contributed by atoms with Crippen molar-refractivity contribution in [2.45, 2.75) is 39.5 Å². The highest BCUT2D eigenvalue weighted by Crippen LogP contribution is 2.24. The number of aromatic nitrogens is 4. The third-order valence-corrected chi connectivity index (χ3v) is 4.15. The Labute approximate surface area is 136 Å². The monoisotopic (exact) mass is 330 g/mol. The molecular formula is C16H18N4O4. The summed E-state index contributed by atoms with van der Waals surface area (Å²) in [5.74, 6) is 0.0826. The van der Waals surface area contributed by atoms with Crippen molar-refractivity contribution in [2.75, 3.05) is 0 Å². The van der Waals surface area contributed by atoms with E-state index in [1.54, 1.807) is 4.57 Å². The molecular weight excluding hydrogens is 312 g/mol. The summed E-state index contributed by atoms with van der Waals surface area (Å²) in [7, 11) is 0. The zero-order chi connectivity index (χ0) is 17.6. The van der Waals surface area contributed by atoms with E-state index >= 15 is 0 Å². The molecule has 2 aliphatic rings. The number of aromatic amines is 1. The maximum absolute atomic E-state index is 12.1.